The molecule has 1 N–H and O–H groups in total. The molecule has 5 heteroatoms. The van der Waals surface area contributed by atoms with Crippen molar-refractivity contribution in [1.29, 1.82) is 0 Å². The Morgan fingerprint density at radius 2 is 2.05 bits per heavy atom. The Bertz CT molecular complexity index is 562. The van der Waals surface area contributed by atoms with E-state index in [9.17, 15) is 4.79 Å². The molecule has 4 nitrogen and oxygen atoms in total. The number of rotatable bonds is 1. The van der Waals surface area contributed by atoms with Crippen LogP contribution < -0.4 is 4.72 Å². The van der Waals surface area contributed by atoms with Crippen LogP contribution in [0.1, 0.15) is 37.9 Å². The number of fused-ring (bicyclic) bond motifs is 1. The van der Waals surface area contributed by atoms with Crippen molar-refractivity contribution in [3.05, 3.63) is 35.4 Å². The van der Waals surface area contributed by atoms with Gasteiger partial charge < -0.3 is 9.64 Å². The second-order valence-electron chi connectivity index (χ2n) is 7.14. The molecule has 3 rings (SSSR count). The summed E-state index contributed by atoms with van der Waals surface area (Å²) in [6.07, 6.45) is 0.766. The third kappa shape index (κ3) is 2.53. The van der Waals surface area contributed by atoms with Gasteiger partial charge in [0.15, 0.2) is 0 Å². The molecule has 21 heavy (non-hydrogen) atoms. The van der Waals surface area contributed by atoms with Gasteiger partial charge in [-0.25, -0.2) is 4.79 Å². The van der Waals surface area contributed by atoms with Crippen LogP contribution in [-0.2, 0) is 11.2 Å². The lowest BCUT2D eigenvalue weighted by atomic mass is 9.74. The third-order valence-electron chi connectivity index (χ3n) is 4.31. The molecule has 0 saturated carbocycles. The van der Waals surface area contributed by atoms with Crippen molar-refractivity contribution < 1.29 is 9.53 Å². The van der Waals surface area contributed by atoms with Gasteiger partial charge in [-0.3, -0.25) is 4.72 Å². The van der Waals surface area contributed by atoms with E-state index in [-0.39, 0.29) is 17.6 Å². The summed E-state index contributed by atoms with van der Waals surface area (Å²) in [6, 6.07) is 8.63. The summed E-state index contributed by atoms with van der Waals surface area (Å²) in [5.41, 5.74) is 2.27. The highest BCUT2D eigenvalue weighted by Gasteiger charge is 2.55. The van der Waals surface area contributed by atoms with Crippen LogP contribution in [0.25, 0.3) is 0 Å². The summed E-state index contributed by atoms with van der Waals surface area (Å²) < 4.78 is 8.57. The average molecular weight is 306 g/mol. The molecule has 1 aromatic rings. The summed E-state index contributed by atoms with van der Waals surface area (Å²) in [7, 11) is 0. The summed E-state index contributed by atoms with van der Waals surface area (Å²) in [5, 5.41) is 0. The minimum Gasteiger partial charge on any atom is -0.444 e. The number of carbonyl (C=O) groups excluding carboxylic acids is 1. The Morgan fingerprint density at radius 3 is 2.67 bits per heavy atom. The number of nitrogens with zero attached hydrogens (tertiary/aromatic N) is 1. The molecular weight excluding hydrogens is 284 g/mol. The van der Waals surface area contributed by atoms with E-state index in [1.807, 2.05) is 20.8 Å². The van der Waals surface area contributed by atoms with E-state index in [4.69, 9.17) is 4.74 Å². The lowest BCUT2D eigenvalue weighted by molar-refractivity contribution is -0.0416. The first kappa shape index (κ1) is 14.7. The number of likely N-dealkylation sites (tertiary alicyclic amines) is 1. The molecule has 1 spiro atoms. The van der Waals surface area contributed by atoms with Crippen molar-refractivity contribution in [3.8, 4) is 0 Å². The van der Waals surface area contributed by atoms with Gasteiger partial charge in [0.25, 0.3) is 0 Å². The number of hydrogen-bond donors (Lipinski definition) is 2. The maximum atomic E-state index is 12.1. The number of nitrogens with one attached hydrogen (secondary N) is 1. The molecule has 2 aliphatic rings. The van der Waals surface area contributed by atoms with Crippen LogP contribution in [0.4, 0.5) is 4.79 Å². The number of thiol groups is 1. The van der Waals surface area contributed by atoms with E-state index in [0.29, 0.717) is 0 Å². The fourth-order valence-corrected chi connectivity index (χ4v) is 3.87. The second kappa shape index (κ2) is 4.92. The molecular formula is C16H22N2O2S. The topological polar surface area (TPSA) is 41.6 Å². The van der Waals surface area contributed by atoms with Crippen LogP contribution in [0.2, 0.25) is 0 Å². The van der Waals surface area contributed by atoms with E-state index in [2.05, 4.69) is 41.8 Å². The first-order valence-electron chi connectivity index (χ1n) is 7.30. The van der Waals surface area contributed by atoms with Crippen molar-refractivity contribution >= 4 is 18.9 Å². The molecule has 1 saturated heterocycles. The van der Waals surface area contributed by atoms with E-state index >= 15 is 0 Å². The van der Waals surface area contributed by atoms with Crippen LogP contribution in [0.5, 0.6) is 0 Å². The molecule has 1 atom stereocenters. The van der Waals surface area contributed by atoms with E-state index in [0.717, 1.165) is 19.5 Å². The lowest BCUT2D eigenvalue weighted by Gasteiger charge is -2.51. The van der Waals surface area contributed by atoms with Gasteiger partial charge >= 0.3 is 6.09 Å². The molecule has 1 aliphatic carbocycles. The Kier molecular flexibility index (Phi) is 3.45. The number of benzene rings is 1. The maximum Gasteiger partial charge on any atom is 0.410 e. The molecule has 1 aromatic carbocycles. The van der Waals surface area contributed by atoms with Crippen LogP contribution in [0.15, 0.2) is 24.3 Å². The fourth-order valence-electron chi connectivity index (χ4n) is 3.46. The average Bonchev–Trinajstić information content (AvgIpc) is 2.68. The lowest BCUT2D eigenvalue weighted by Crippen LogP contribution is -2.62. The number of ether oxygens (including phenoxy) is 1. The van der Waals surface area contributed by atoms with Gasteiger partial charge in [-0.2, -0.15) is 0 Å². The predicted molar refractivity (Wildman–Crippen MR) is 85.2 cm³/mol. The molecule has 1 heterocycles. The third-order valence-corrected chi connectivity index (χ3v) is 4.57. The fraction of sp³-hybridized carbons (Fsp3) is 0.562. The minimum atomic E-state index is -0.445. The zero-order valence-electron chi connectivity index (χ0n) is 12.7. The molecule has 1 amide bonds. The summed E-state index contributed by atoms with van der Waals surface area (Å²) in [6.45, 7) is 7.11. The molecule has 1 aliphatic heterocycles. The predicted octanol–water partition coefficient (Wildman–Crippen LogP) is 2.96. The Hall–Kier alpha value is -1.20. The highest BCUT2D eigenvalue weighted by atomic mass is 32.1. The monoisotopic (exact) mass is 306 g/mol. The van der Waals surface area contributed by atoms with Gasteiger partial charge in [-0.15, -0.1) is 0 Å². The molecule has 0 bridgehead atoms. The van der Waals surface area contributed by atoms with Crippen molar-refractivity contribution in [2.45, 2.75) is 38.8 Å². The number of amides is 1. The summed E-state index contributed by atoms with van der Waals surface area (Å²) in [5.74, 6) is 0. The van der Waals surface area contributed by atoms with Gasteiger partial charge in [0.1, 0.15) is 5.60 Å². The van der Waals surface area contributed by atoms with Gasteiger partial charge in [0, 0.05) is 18.5 Å². The molecule has 1 unspecified atom stereocenters. The van der Waals surface area contributed by atoms with Crippen molar-refractivity contribution in [3.63, 3.8) is 0 Å². The Balaban J connectivity index is 1.72. The minimum absolute atomic E-state index is 0.0579. The van der Waals surface area contributed by atoms with Gasteiger partial charge in [-0.05, 0) is 38.3 Å². The smallest absolute Gasteiger partial charge is 0.410 e. The second-order valence-corrected chi connectivity index (χ2v) is 7.39. The largest absolute Gasteiger partial charge is 0.444 e. The van der Waals surface area contributed by atoms with Crippen LogP contribution in [0.3, 0.4) is 0 Å². The van der Waals surface area contributed by atoms with E-state index in [1.54, 1.807) is 4.90 Å². The highest BCUT2D eigenvalue weighted by Crippen LogP contribution is 2.51. The number of carbonyl (C=O) groups is 1. The first-order valence-corrected chi connectivity index (χ1v) is 7.75. The summed E-state index contributed by atoms with van der Waals surface area (Å²) >= 11 is 4.31. The van der Waals surface area contributed by atoms with Crippen LogP contribution in [-0.4, -0.2) is 29.7 Å². The van der Waals surface area contributed by atoms with Gasteiger partial charge in [0.05, 0.1) is 6.04 Å². The van der Waals surface area contributed by atoms with Crippen molar-refractivity contribution in [2.24, 2.45) is 5.41 Å². The van der Waals surface area contributed by atoms with Crippen molar-refractivity contribution in [1.82, 2.24) is 9.62 Å². The van der Waals surface area contributed by atoms with Gasteiger partial charge in [0.2, 0.25) is 0 Å². The van der Waals surface area contributed by atoms with Crippen LogP contribution >= 0.6 is 12.8 Å². The molecule has 0 aromatic heterocycles. The quantitative estimate of drug-likeness (QED) is 0.784. The zero-order valence-corrected chi connectivity index (χ0v) is 13.6. The van der Waals surface area contributed by atoms with E-state index < -0.39 is 5.60 Å². The first-order chi connectivity index (χ1) is 9.85. The zero-order chi connectivity index (χ0) is 15.3. The van der Waals surface area contributed by atoms with Gasteiger partial charge in [-0.1, -0.05) is 37.1 Å². The Morgan fingerprint density at radius 1 is 1.38 bits per heavy atom. The SMILES string of the molecule is CC(C)(C)OC(=O)N1CC2(Cc3ccccc3C2NS)C1. The molecule has 114 valence electrons. The normalized spacial score (nSPS) is 22.9. The van der Waals surface area contributed by atoms with E-state index in [1.165, 1.54) is 11.1 Å². The summed E-state index contributed by atoms with van der Waals surface area (Å²) in [4.78, 5) is 13.9. The standard InChI is InChI=1S/C16H22N2O2S/c1-15(2,3)20-14(19)18-9-16(10-18)8-11-6-4-5-7-12(11)13(16)17-21/h4-7,13,17,21H,8-10H2,1-3H3. The Labute approximate surface area is 131 Å². The van der Waals surface area contributed by atoms with Crippen LogP contribution in [0, 0.1) is 5.41 Å². The molecule has 0 radical (unpaired) electrons. The maximum absolute atomic E-state index is 12.1. The van der Waals surface area contributed by atoms with Crippen molar-refractivity contribution in [2.75, 3.05) is 13.1 Å². The number of hydrogen-bond acceptors (Lipinski definition) is 4. The molecule has 1 fully saturated rings. The highest BCUT2D eigenvalue weighted by molar-refractivity contribution is 7.78.